The number of rotatable bonds is 9. The van der Waals surface area contributed by atoms with E-state index in [-0.39, 0.29) is 6.42 Å². The molecule has 0 aliphatic carbocycles. The first-order valence-corrected chi connectivity index (χ1v) is 10.8. The fourth-order valence-electron chi connectivity index (χ4n) is 3.16. The minimum atomic E-state index is -3.44. The molecule has 1 aromatic carbocycles. The Hall–Kier alpha value is -1.44. The lowest BCUT2D eigenvalue weighted by molar-refractivity contribution is -0.137. The number of carbonyl (C=O) groups is 1. The molecule has 1 unspecified atom stereocenters. The van der Waals surface area contributed by atoms with E-state index in [1.165, 1.54) is 0 Å². The Labute approximate surface area is 156 Å². The van der Waals surface area contributed by atoms with Gasteiger partial charge < -0.3 is 10.0 Å². The zero-order valence-corrected chi connectivity index (χ0v) is 16.5. The summed E-state index contributed by atoms with van der Waals surface area (Å²) in [6, 6.07) is 7.27. The van der Waals surface area contributed by atoms with Crippen LogP contribution < -0.4 is 0 Å². The number of piperazine rings is 1. The third-order valence-corrected chi connectivity index (χ3v) is 7.06. The zero-order valence-electron chi connectivity index (χ0n) is 15.7. The average molecular weight is 383 g/mol. The average Bonchev–Trinajstić information content (AvgIpc) is 2.65. The van der Waals surface area contributed by atoms with Crippen LogP contribution in [0.1, 0.15) is 51.0 Å². The van der Waals surface area contributed by atoms with Crippen LogP contribution in [0, 0.1) is 0 Å². The molecule has 1 saturated heterocycles. The predicted octanol–water partition coefficient (Wildman–Crippen LogP) is 2.76. The van der Waals surface area contributed by atoms with Gasteiger partial charge in [0, 0.05) is 32.6 Å². The van der Waals surface area contributed by atoms with E-state index in [0.717, 1.165) is 24.9 Å². The minimum Gasteiger partial charge on any atom is -0.481 e. The van der Waals surface area contributed by atoms with Gasteiger partial charge in [0.2, 0.25) is 10.0 Å². The number of hydrogen-bond donors (Lipinski definition) is 1. The van der Waals surface area contributed by atoms with Gasteiger partial charge in [-0.1, -0.05) is 26.0 Å². The summed E-state index contributed by atoms with van der Waals surface area (Å²) in [5.41, 5.74) is 1.16. The molecule has 0 radical (unpaired) electrons. The fourth-order valence-corrected chi connectivity index (χ4v) is 4.58. The zero-order chi connectivity index (χ0) is 19.2. The highest BCUT2D eigenvalue weighted by Crippen LogP contribution is 2.23. The van der Waals surface area contributed by atoms with Gasteiger partial charge in [0.15, 0.2) is 0 Å². The minimum absolute atomic E-state index is 0.195. The maximum atomic E-state index is 12.8. The molecule has 7 heteroatoms. The van der Waals surface area contributed by atoms with Gasteiger partial charge in [-0.2, -0.15) is 4.31 Å². The van der Waals surface area contributed by atoms with Crippen LogP contribution in [0.15, 0.2) is 29.2 Å². The number of carboxylic acids is 1. The number of benzene rings is 1. The van der Waals surface area contributed by atoms with Gasteiger partial charge in [-0.3, -0.25) is 4.79 Å². The van der Waals surface area contributed by atoms with Crippen LogP contribution in [0.2, 0.25) is 0 Å². The molecule has 0 amide bonds. The van der Waals surface area contributed by atoms with Crippen molar-refractivity contribution in [3.8, 4) is 0 Å². The standard InChI is InChI=1S/C19H30N2O4S/c1-3-16(2)17-7-9-18(10-8-17)26(24,25)21-14-12-20(13-15-21)11-5-4-6-19(22)23/h7-10,16H,3-6,11-15H2,1-2H3,(H,22,23). The summed E-state index contributed by atoms with van der Waals surface area (Å²) in [7, 11) is -3.44. The second kappa shape index (κ2) is 9.48. The molecule has 1 N–H and O–H groups in total. The van der Waals surface area contributed by atoms with E-state index in [9.17, 15) is 13.2 Å². The van der Waals surface area contributed by atoms with Crippen molar-refractivity contribution >= 4 is 16.0 Å². The molecule has 146 valence electrons. The van der Waals surface area contributed by atoms with Crippen LogP contribution in [-0.2, 0) is 14.8 Å². The summed E-state index contributed by atoms with van der Waals surface area (Å²) in [4.78, 5) is 13.1. The smallest absolute Gasteiger partial charge is 0.303 e. The number of nitrogens with zero attached hydrogens (tertiary/aromatic N) is 2. The van der Waals surface area contributed by atoms with Crippen molar-refractivity contribution in [3.05, 3.63) is 29.8 Å². The molecule has 1 atom stereocenters. The molecule has 0 spiro atoms. The van der Waals surface area contributed by atoms with Crippen LogP contribution >= 0.6 is 0 Å². The summed E-state index contributed by atoms with van der Waals surface area (Å²) in [6.45, 7) is 7.43. The molecular formula is C19H30N2O4S. The van der Waals surface area contributed by atoms with Gasteiger partial charge in [0.25, 0.3) is 0 Å². The normalized spacial score (nSPS) is 17.9. The predicted molar refractivity (Wildman–Crippen MR) is 102 cm³/mol. The first-order chi connectivity index (χ1) is 12.3. The Morgan fingerprint density at radius 3 is 2.27 bits per heavy atom. The Morgan fingerprint density at radius 2 is 1.73 bits per heavy atom. The van der Waals surface area contributed by atoms with Crippen LogP contribution in [-0.4, -0.2) is 61.4 Å². The number of hydrogen-bond acceptors (Lipinski definition) is 4. The summed E-state index contributed by atoms with van der Waals surface area (Å²) >= 11 is 0. The Bertz CT molecular complexity index is 680. The van der Waals surface area contributed by atoms with Gasteiger partial charge in [-0.25, -0.2) is 8.42 Å². The highest BCUT2D eigenvalue weighted by atomic mass is 32.2. The van der Waals surface area contributed by atoms with Gasteiger partial charge in [-0.05, 0) is 49.4 Å². The lowest BCUT2D eigenvalue weighted by Crippen LogP contribution is -2.48. The van der Waals surface area contributed by atoms with Gasteiger partial charge >= 0.3 is 5.97 Å². The fraction of sp³-hybridized carbons (Fsp3) is 0.632. The van der Waals surface area contributed by atoms with E-state index in [0.29, 0.717) is 43.4 Å². The second-order valence-corrected chi connectivity index (χ2v) is 8.91. The molecule has 6 nitrogen and oxygen atoms in total. The highest BCUT2D eigenvalue weighted by molar-refractivity contribution is 7.89. The number of sulfonamides is 1. The van der Waals surface area contributed by atoms with Crippen molar-refractivity contribution in [2.24, 2.45) is 0 Å². The first-order valence-electron chi connectivity index (χ1n) is 9.39. The molecule has 0 aromatic heterocycles. The van der Waals surface area contributed by atoms with Crippen molar-refractivity contribution in [2.75, 3.05) is 32.7 Å². The van der Waals surface area contributed by atoms with E-state index >= 15 is 0 Å². The van der Waals surface area contributed by atoms with E-state index in [1.54, 1.807) is 16.4 Å². The molecule has 1 aromatic rings. The van der Waals surface area contributed by atoms with E-state index < -0.39 is 16.0 Å². The summed E-state index contributed by atoms with van der Waals surface area (Å²) in [6.07, 6.45) is 2.72. The second-order valence-electron chi connectivity index (χ2n) is 6.97. The first kappa shape index (κ1) is 20.9. The lowest BCUT2D eigenvalue weighted by Gasteiger charge is -2.34. The third-order valence-electron chi connectivity index (χ3n) is 5.15. The third kappa shape index (κ3) is 5.53. The van der Waals surface area contributed by atoms with Crippen molar-refractivity contribution in [1.29, 1.82) is 0 Å². The SMILES string of the molecule is CCC(C)c1ccc(S(=O)(=O)N2CCN(CCCCC(=O)O)CC2)cc1. The number of unbranched alkanes of at least 4 members (excludes halogenated alkanes) is 1. The Balaban J connectivity index is 1.88. The molecule has 1 fully saturated rings. The van der Waals surface area contributed by atoms with E-state index in [1.807, 2.05) is 12.1 Å². The van der Waals surface area contributed by atoms with Crippen molar-refractivity contribution in [2.45, 2.75) is 50.3 Å². The lowest BCUT2D eigenvalue weighted by atomic mass is 9.99. The van der Waals surface area contributed by atoms with Crippen LogP contribution in [0.25, 0.3) is 0 Å². The van der Waals surface area contributed by atoms with Crippen LogP contribution in [0.4, 0.5) is 0 Å². The monoisotopic (exact) mass is 382 g/mol. The quantitative estimate of drug-likeness (QED) is 0.665. The van der Waals surface area contributed by atoms with E-state index in [2.05, 4.69) is 18.7 Å². The number of carboxylic acid groups (broad SMARTS) is 1. The highest BCUT2D eigenvalue weighted by Gasteiger charge is 2.28. The van der Waals surface area contributed by atoms with Crippen molar-refractivity contribution in [3.63, 3.8) is 0 Å². The molecule has 26 heavy (non-hydrogen) atoms. The summed E-state index contributed by atoms with van der Waals surface area (Å²) in [5, 5.41) is 8.66. The molecule has 0 saturated carbocycles. The Kier molecular flexibility index (Phi) is 7.61. The van der Waals surface area contributed by atoms with Gasteiger partial charge in [0.05, 0.1) is 4.90 Å². The van der Waals surface area contributed by atoms with Crippen LogP contribution in [0.3, 0.4) is 0 Å². The van der Waals surface area contributed by atoms with Gasteiger partial charge in [-0.15, -0.1) is 0 Å². The van der Waals surface area contributed by atoms with Crippen molar-refractivity contribution in [1.82, 2.24) is 9.21 Å². The summed E-state index contributed by atoms with van der Waals surface area (Å²) in [5.74, 6) is -0.336. The molecule has 2 rings (SSSR count). The van der Waals surface area contributed by atoms with Crippen molar-refractivity contribution < 1.29 is 18.3 Å². The molecule has 1 heterocycles. The largest absolute Gasteiger partial charge is 0.481 e. The van der Waals surface area contributed by atoms with E-state index in [4.69, 9.17) is 5.11 Å². The maximum absolute atomic E-state index is 12.8. The molecule has 1 aliphatic rings. The number of aliphatic carboxylic acids is 1. The molecule has 1 aliphatic heterocycles. The topological polar surface area (TPSA) is 77.9 Å². The Morgan fingerprint density at radius 1 is 1.12 bits per heavy atom. The molecular weight excluding hydrogens is 352 g/mol. The summed E-state index contributed by atoms with van der Waals surface area (Å²) < 4.78 is 27.2. The molecule has 0 bridgehead atoms. The van der Waals surface area contributed by atoms with Gasteiger partial charge in [0.1, 0.15) is 0 Å². The maximum Gasteiger partial charge on any atom is 0.303 e. The van der Waals surface area contributed by atoms with Crippen LogP contribution in [0.5, 0.6) is 0 Å².